The summed E-state index contributed by atoms with van der Waals surface area (Å²) in [6, 6.07) is 7.29. The molecule has 152 valence electrons. The molecule has 0 radical (unpaired) electrons. The van der Waals surface area contributed by atoms with Crippen molar-refractivity contribution >= 4 is 17.6 Å². The van der Waals surface area contributed by atoms with E-state index < -0.39 is 0 Å². The number of nitrogens with zero attached hydrogens (tertiary/aromatic N) is 3. The van der Waals surface area contributed by atoms with E-state index in [9.17, 15) is 0 Å². The van der Waals surface area contributed by atoms with Gasteiger partial charge in [-0.25, -0.2) is 4.99 Å². The van der Waals surface area contributed by atoms with Gasteiger partial charge in [-0.15, -0.1) is 0 Å². The van der Waals surface area contributed by atoms with E-state index in [-0.39, 0.29) is 6.10 Å². The van der Waals surface area contributed by atoms with Gasteiger partial charge in [0.05, 0.1) is 12.7 Å². The lowest BCUT2D eigenvalue weighted by Crippen LogP contribution is -2.38. The van der Waals surface area contributed by atoms with Crippen molar-refractivity contribution in [1.82, 2.24) is 20.8 Å². The Hall–Kier alpha value is -2.16. The molecule has 0 spiro atoms. The molecule has 1 aliphatic heterocycles. The third-order valence-electron chi connectivity index (χ3n) is 4.14. The fourth-order valence-corrected chi connectivity index (χ4v) is 2.82. The molecule has 0 bridgehead atoms. The van der Waals surface area contributed by atoms with Gasteiger partial charge in [-0.1, -0.05) is 16.8 Å². The highest BCUT2D eigenvalue weighted by molar-refractivity contribution is 6.30. The zero-order chi connectivity index (χ0) is 19.6. The predicted molar refractivity (Wildman–Crippen MR) is 107 cm³/mol. The van der Waals surface area contributed by atoms with Crippen LogP contribution in [0.4, 0.5) is 0 Å². The number of aliphatic imine (C=N–C) groups is 1. The van der Waals surface area contributed by atoms with Crippen LogP contribution in [0.15, 0.2) is 33.8 Å². The molecule has 1 unspecified atom stereocenters. The topological polar surface area (TPSA) is 93.8 Å². The molecule has 1 aromatic heterocycles. The van der Waals surface area contributed by atoms with Gasteiger partial charge >= 0.3 is 0 Å². The van der Waals surface area contributed by atoms with Gasteiger partial charge in [0.25, 0.3) is 0 Å². The number of hydrogen-bond donors (Lipinski definition) is 2. The molecule has 28 heavy (non-hydrogen) atoms. The molecule has 8 nitrogen and oxygen atoms in total. The summed E-state index contributed by atoms with van der Waals surface area (Å²) in [4.78, 5) is 8.88. The van der Waals surface area contributed by atoms with E-state index in [0.29, 0.717) is 42.5 Å². The SMILES string of the molecule is CCNC(=NCc1nc(-c2ccc(Cl)cc2)no1)NCCCOC1CCOC1. The minimum Gasteiger partial charge on any atom is -0.379 e. The molecular formula is C19H26ClN5O3. The number of halogens is 1. The first-order valence-corrected chi connectivity index (χ1v) is 9.92. The minimum atomic E-state index is 0.245. The standard InChI is InChI=1S/C19H26ClN5O3/c1-2-21-19(22-9-3-10-27-16-8-11-26-13-16)23-12-17-24-18(25-28-17)14-4-6-15(20)7-5-14/h4-7,16H,2-3,8-13H2,1H3,(H2,21,22,23). The highest BCUT2D eigenvalue weighted by atomic mass is 35.5. The van der Waals surface area contributed by atoms with Gasteiger partial charge in [0.2, 0.25) is 11.7 Å². The zero-order valence-electron chi connectivity index (χ0n) is 16.0. The van der Waals surface area contributed by atoms with Gasteiger partial charge in [0, 0.05) is 36.9 Å². The van der Waals surface area contributed by atoms with Crippen LogP contribution in [-0.4, -0.2) is 55.1 Å². The van der Waals surface area contributed by atoms with E-state index in [2.05, 4.69) is 25.8 Å². The Bertz CT molecular complexity index is 744. The summed E-state index contributed by atoms with van der Waals surface area (Å²) in [5.74, 6) is 1.68. The first-order chi connectivity index (χ1) is 13.7. The maximum atomic E-state index is 5.90. The second kappa shape index (κ2) is 11.0. The Morgan fingerprint density at radius 2 is 2.18 bits per heavy atom. The van der Waals surface area contributed by atoms with Gasteiger partial charge in [0.1, 0.15) is 6.54 Å². The average molecular weight is 408 g/mol. The van der Waals surface area contributed by atoms with Crippen molar-refractivity contribution in [2.45, 2.75) is 32.4 Å². The Morgan fingerprint density at radius 1 is 1.32 bits per heavy atom. The molecule has 1 atom stereocenters. The number of ether oxygens (including phenoxy) is 2. The van der Waals surface area contributed by atoms with Crippen molar-refractivity contribution in [1.29, 1.82) is 0 Å². The second-order valence-electron chi connectivity index (χ2n) is 6.35. The summed E-state index contributed by atoms with van der Waals surface area (Å²) in [6.45, 7) is 6.06. The summed E-state index contributed by atoms with van der Waals surface area (Å²) in [5, 5.41) is 11.2. The van der Waals surface area contributed by atoms with Crippen molar-refractivity contribution in [2.24, 2.45) is 4.99 Å². The summed E-state index contributed by atoms with van der Waals surface area (Å²) in [6.07, 6.45) is 2.12. The first-order valence-electron chi connectivity index (χ1n) is 9.54. The van der Waals surface area contributed by atoms with Crippen LogP contribution in [0.1, 0.15) is 25.7 Å². The molecule has 1 aromatic carbocycles. The quantitative estimate of drug-likeness (QED) is 0.375. The number of guanidine groups is 1. The maximum Gasteiger partial charge on any atom is 0.248 e. The number of hydrogen-bond acceptors (Lipinski definition) is 6. The van der Waals surface area contributed by atoms with E-state index >= 15 is 0 Å². The number of benzene rings is 1. The molecule has 2 aromatic rings. The van der Waals surface area contributed by atoms with Crippen LogP contribution in [0.5, 0.6) is 0 Å². The normalized spacial score (nSPS) is 17.1. The fraction of sp³-hybridized carbons (Fsp3) is 0.526. The smallest absolute Gasteiger partial charge is 0.248 e. The lowest BCUT2D eigenvalue weighted by atomic mass is 10.2. The van der Waals surface area contributed by atoms with Crippen LogP contribution in [0.2, 0.25) is 5.02 Å². The highest BCUT2D eigenvalue weighted by Gasteiger charge is 2.15. The number of aromatic nitrogens is 2. The van der Waals surface area contributed by atoms with E-state index in [1.54, 1.807) is 12.1 Å². The third-order valence-corrected chi connectivity index (χ3v) is 4.39. The Kier molecular flexibility index (Phi) is 8.07. The van der Waals surface area contributed by atoms with Crippen LogP contribution in [0.3, 0.4) is 0 Å². The van der Waals surface area contributed by atoms with E-state index in [0.717, 1.165) is 38.1 Å². The third kappa shape index (κ3) is 6.47. The van der Waals surface area contributed by atoms with E-state index in [1.807, 2.05) is 19.1 Å². The Labute approximate surface area is 169 Å². The molecule has 9 heteroatoms. The van der Waals surface area contributed by atoms with Crippen LogP contribution in [-0.2, 0) is 16.0 Å². The lowest BCUT2D eigenvalue weighted by Gasteiger charge is -2.12. The molecule has 0 saturated carbocycles. The lowest BCUT2D eigenvalue weighted by molar-refractivity contribution is 0.0420. The summed E-state index contributed by atoms with van der Waals surface area (Å²) in [7, 11) is 0. The summed E-state index contributed by atoms with van der Waals surface area (Å²) < 4.78 is 16.3. The van der Waals surface area contributed by atoms with Crippen LogP contribution in [0, 0.1) is 0 Å². The van der Waals surface area contributed by atoms with Crippen molar-refractivity contribution in [2.75, 3.05) is 32.9 Å². The number of rotatable bonds is 9. The molecule has 0 amide bonds. The van der Waals surface area contributed by atoms with E-state index in [4.69, 9.17) is 25.6 Å². The second-order valence-corrected chi connectivity index (χ2v) is 6.79. The van der Waals surface area contributed by atoms with Crippen LogP contribution in [0.25, 0.3) is 11.4 Å². The zero-order valence-corrected chi connectivity index (χ0v) is 16.7. The minimum absolute atomic E-state index is 0.245. The van der Waals surface area contributed by atoms with Gasteiger partial charge < -0.3 is 24.6 Å². The van der Waals surface area contributed by atoms with Gasteiger partial charge in [0.15, 0.2) is 5.96 Å². The van der Waals surface area contributed by atoms with E-state index in [1.165, 1.54) is 0 Å². The van der Waals surface area contributed by atoms with Gasteiger partial charge in [-0.2, -0.15) is 4.98 Å². The molecule has 1 saturated heterocycles. The molecule has 2 N–H and O–H groups in total. The van der Waals surface area contributed by atoms with Gasteiger partial charge in [-0.3, -0.25) is 0 Å². The summed E-state index contributed by atoms with van der Waals surface area (Å²) >= 11 is 5.90. The monoisotopic (exact) mass is 407 g/mol. The highest BCUT2D eigenvalue weighted by Crippen LogP contribution is 2.18. The Balaban J connectivity index is 1.45. The molecule has 0 aliphatic carbocycles. The summed E-state index contributed by atoms with van der Waals surface area (Å²) in [5.41, 5.74) is 0.848. The molecule has 3 rings (SSSR count). The molecule has 2 heterocycles. The van der Waals surface area contributed by atoms with Crippen LogP contribution < -0.4 is 10.6 Å². The first kappa shape index (κ1) is 20.6. The largest absolute Gasteiger partial charge is 0.379 e. The van der Waals surface area contributed by atoms with Crippen molar-refractivity contribution in [3.63, 3.8) is 0 Å². The fourth-order valence-electron chi connectivity index (χ4n) is 2.70. The molecule has 1 fully saturated rings. The number of nitrogens with one attached hydrogen (secondary N) is 2. The maximum absolute atomic E-state index is 5.90. The average Bonchev–Trinajstić information content (AvgIpc) is 3.38. The predicted octanol–water partition coefficient (Wildman–Crippen LogP) is 2.64. The molecule has 1 aliphatic rings. The van der Waals surface area contributed by atoms with Crippen molar-refractivity contribution in [3.05, 3.63) is 35.2 Å². The Morgan fingerprint density at radius 3 is 2.93 bits per heavy atom. The van der Waals surface area contributed by atoms with Crippen molar-refractivity contribution in [3.8, 4) is 11.4 Å². The van der Waals surface area contributed by atoms with Crippen LogP contribution >= 0.6 is 11.6 Å². The van der Waals surface area contributed by atoms with Gasteiger partial charge in [-0.05, 0) is 44.0 Å². The molecular weight excluding hydrogens is 382 g/mol. The van der Waals surface area contributed by atoms with Crippen molar-refractivity contribution < 1.29 is 14.0 Å².